The van der Waals surface area contributed by atoms with Crippen molar-refractivity contribution in [2.24, 2.45) is 23.7 Å². The highest BCUT2D eigenvalue weighted by Crippen LogP contribution is 2.59. The molecule has 5 rings (SSSR count). The van der Waals surface area contributed by atoms with Crippen molar-refractivity contribution in [2.45, 2.75) is 51.4 Å². The van der Waals surface area contributed by atoms with Gasteiger partial charge in [-0.1, -0.05) is 17.6 Å². The van der Waals surface area contributed by atoms with Crippen molar-refractivity contribution >= 4 is 0 Å². The molecule has 0 aliphatic heterocycles. The molecular formula is C14H20. The molecule has 0 aromatic rings. The van der Waals surface area contributed by atoms with Crippen LogP contribution in [0.4, 0.5) is 0 Å². The van der Waals surface area contributed by atoms with Crippen molar-refractivity contribution in [3.8, 4) is 0 Å². The Kier molecular flexibility index (Phi) is 1.51. The summed E-state index contributed by atoms with van der Waals surface area (Å²) in [6, 6.07) is 0. The summed E-state index contributed by atoms with van der Waals surface area (Å²) in [5.41, 5.74) is 4.05. The van der Waals surface area contributed by atoms with Crippen LogP contribution in [-0.4, -0.2) is 0 Å². The van der Waals surface area contributed by atoms with Gasteiger partial charge in [-0.05, 0) is 68.6 Å². The first-order valence-corrected chi connectivity index (χ1v) is 6.67. The Morgan fingerprint density at radius 2 is 1.07 bits per heavy atom. The predicted molar refractivity (Wildman–Crippen MR) is 57.9 cm³/mol. The third kappa shape index (κ3) is 0.857. The lowest BCUT2D eigenvalue weighted by molar-refractivity contribution is 0.282. The summed E-state index contributed by atoms with van der Waals surface area (Å²) in [5.74, 6) is 4.25. The molecule has 2 saturated carbocycles. The van der Waals surface area contributed by atoms with E-state index in [0.29, 0.717) is 0 Å². The van der Waals surface area contributed by atoms with Gasteiger partial charge in [-0.2, -0.15) is 0 Å². The van der Waals surface area contributed by atoms with Crippen molar-refractivity contribution < 1.29 is 0 Å². The van der Waals surface area contributed by atoms with Gasteiger partial charge in [0.25, 0.3) is 0 Å². The molecule has 0 amide bonds. The molecule has 0 heterocycles. The summed E-state index contributed by atoms with van der Waals surface area (Å²) >= 11 is 0. The number of hydrogen-bond acceptors (Lipinski definition) is 0. The van der Waals surface area contributed by atoms with Crippen molar-refractivity contribution in [3.63, 3.8) is 0 Å². The van der Waals surface area contributed by atoms with Gasteiger partial charge in [0.2, 0.25) is 0 Å². The maximum Gasteiger partial charge on any atom is -0.0192 e. The summed E-state index contributed by atoms with van der Waals surface area (Å²) in [6.07, 6.45) is 12.4. The second-order valence-corrected chi connectivity index (χ2v) is 6.02. The molecule has 0 saturated heterocycles. The molecule has 76 valence electrons. The summed E-state index contributed by atoms with van der Waals surface area (Å²) in [4.78, 5) is 0. The molecule has 2 atom stereocenters. The monoisotopic (exact) mass is 188 g/mol. The second kappa shape index (κ2) is 2.65. The van der Waals surface area contributed by atoms with Crippen LogP contribution in [-0.2, 0) is 0 Å². The molecule has 2 unspecified atom stereocenters. The molecule has 2 fully saturated rings. The van der Waals surface area contributed by atoms with Crippen LogP contribution < -0.4 is 0 Å². The Hall–Kier alpha value is -0.260. The molecule has 0 spiro atoms. The lowest BCUT2D eigenvalue weighted by atomic mass is 9.66. The fourth-order valence-electron chi connectivity index (χ4n) is 5.08. The summed E-state index contributed by atoms with van der Waals surface area (Å²) in [7, 11) is 0. The zero-order valence-corrected chi connectivity index (χ0v) is 8.97. The molecular weight excluding hydrogens is 168 g/mol. The average molecular weight is 188 g/mol. The van der Waals surface area contributed by atoms with E-state index in [4.69, 9.17) is 0 Å². The molecule has 14 heavy (non-hydrogen) atoms. The zero-order chi connectivity index (χ0) is 9.12. The minimum atomic E-state index is 1.06. The molecule has 0 heteroatoms. The van der Waals surface area contributed by atoms with Crippen LogP contribution in [0.5, 0.6) is 0 Å². The van der Waals surface area contributed by atoms with Crippen LogP contribution in [0.2, 0.25) is 0 Å². The Labute approximate surface area is 86.8 Å². The van der Waals surface area contributed by atoms with Crippen LogP contribution in [0.3, 0.4) is 0 Å². The average Bonchev–Trinajstić information content (AvgIpc) is 2.55. The molecule has 0 N–H and O–H groups in total. The van der Waals surface area contributed by atoms with E-state index in [0.717, 1.165) is 23.7 Å². The molecule has 5 aliphatic rings. The maximum absolute atomic E-state index is 2.02. The molecule has 0 aromatic carbocycles. The van der Waals surface area contributed by atoms with Gasteiger partial charge in [0.1, 0.15) is 0 Å². The number of fused-ring (bicyclic) bond motifs is 4. The normalized spacial score (nSPS) is 49.7. The Balaban J connectivity index is 1.84. The van der Waals surface area contributed by atoms with E-state index < -0.39 is 0 Å². The van der Waals surface area contributed by atoms with Gasteiger partial charge in [-0.3, -0.25) is 0 Å². The highest BCUT2D eigenvalue weighted by Gasteiger charge is 2.46. The Morgan fingerprint density at radius 3 is 1.57 bits per heavy atom. The van der Waals surface area contributed by atoms with Crippen molar-refractivity contribution in [2.75, 3.05) is 0 Å². The first kappa shape index (κ1) is 7.96. The van der Waals surface area contributed by atoms with E-state index in [1.807, 2.05) is 11.1 Å². The van der Waals surface area contributed by atoms with Gasteiger partial charge in [-0.15, -0.1) is 0 Å². The highest BCUT2D eigenvalue weighted by molar-refractivity contribution is 5.35. The van der Waals surface area contributed by atoms with Gasteiger partial charge >= 0.3 is 0 Å². The molecule has 5 aliphatic carbocycles. The van der Waals surface area contributed by atoms with E-state index in [2.05, 4.69) is 0 Å². The first-order chi connectivity index (χ1) is 6.93. The third-order valence-corrected chi connectivity index (χ3v) is 5.49. The molecule has 0 radical (unpaired) electrons. The Morgan fingerprint density at radius 1 is 0.571 bits per heavy atom. The number of rotatable bonds is 0. The Bertz CT molecular complexity index is 263. The maximum atomic E-state index is 2.02. The largest absolute Gasteiger partial charge is 0.0642 e. The fraction of sp³-hybridized carbons (Fsp3) is 0.857. The predicted octanol–water partition coefficient (Wildman–Crippen LogP) is 3.92. The van der Waals surface area contributed by atoms with Gasteiger partial charge in [0.15, 0.2) is 0 Å². The van der Waals surface area contributed by atoms with E-state index in [-0.39, 0.29) is 0 Å². The van der Waals surface area contributed by atoms with Gasteiger partial charge in [-0.25, -0.2) is 0 Å². The smallest absolute Gasteiger partial charge is 0.0192 e. The van der Waals surface area contributed by atoms with Crippen molar-refractivity contribution in [3.05, 3.63) is 11.1 Å². The number of allylic oxidation sites excluding steroid dienone is 2. The van der Waals surface area contributed by atoms with Crippen molar-refractivity contribution in [1.29, 1.82) is 0 Å². The minimum Gasteiger partial charge on any atom is -0.0642 e. The van der Waals surface area contributed by atoms with E-state index >= 15 is 0 Å². The van der Waals surface area contributed by atoms with Gasteiger partial charge in [0.05, 0.1) is 0 Å². The summed E-state index contributed by atoms with van der Waals surface area (Å²) in [5, 5.41) is 0. The molecule has 0 aromatic heterocycles. The van der Waals surface area contributed by atoms with Crippen LogP contribution in [0.15, 0.2) is 11.1 Å². The fourth-order valence-corrected chi connectivity index (χ4v) is 5.08. The van der Waals surface area contributed by atoms with Gasteiger partial charge < -0.3 is 0 Å². The minimum absolute atomic E-state index is 1.06. The molecule has 0 nitrogen and oxygen atoms in total. The second-order valence-electron chi connectivity index (χ2n) is 6.02. The quantitative estimate of drug-likeness (QED) is 0.505. The van der Waals surface area contributed by atoms with Crippen LogP contribution >= 0.6 is 0 Å². The number of hydrogen-bond donors (Lipinski definition) is 0. The van der Waals surface area contributed by atoms with E-state index in [1.54, 1.807) is 44.9 Å². The van der Waals surface area contributed by atoms with E-state index in [1.165, 1.54) is 6.42 Å². The lowest BCUT2D eigenvalue weighted by Crippen LogP contribution is -2.27. The first-order valence-electron chi connectivity index (χ1n) is 6.67. The van der Waals surface area contributed by atoms with Gasteiger partial charge in [0, 0.05) is 0 Å². The van der Waals surface area contributed by atoms with Crippen LogP contribution in [0.1, 0.15) is 51.4 Å². The van der Waals surface area contributed by atoms with E-state index in [9.17, 15) is 0 Å². The van der Waals surface area contributed by atoms with Crippen LogP contribution in [0, 0.1) is 23.7 Å². The summed E-state index contributed by atoms with van der Waals surface area (Å²) < 4.78 is 0. The summed E-state index contributed by atoms with van der Waals surface area (Å²) in [6.45, 7) is 0. The van der Waals surface area contributed by atoms with Crippen molar-refractivity contribution in [1.82, 2.24) is 0 Å². The lowest BCUT2D eigenvalue weighted by Gasteiger charge is -2.40. The third-order valence-electron chi connectivity index (χ3n) is 5.49. The zero-order valence-electron chi connectivity index (χ0n) is 8.97. The van der Waals surface area contributed by atoms with Crippen LogP contribution in [0.25, 0.3) is 0 Å². The highest BCUT2D eigenvalue weighted by atomic mass is 14.5. The SMILES string of the molecule is C1CC2CC(C1)C1=C2C2CCC1CC2. The standard InChI is InChI=1S/C14H20/c1-2-11-8-12(3-1)14-10-6-4-9(5-7-10)13(11)14/h9-12H,1-8H2. The topological polar surface area (TPSA) is 0 Å². The molecule has 4 bridgehead atoms.